The van der Waals surface area contributed by atoms with E-state index in [9.17, 15) is 4.79 Å². The number of rotatable bonds is 7. The topological polar surface area (TPSA) is 77.0 Å². The number of likely N-dealkylation sites (tertiary alicyclic amines) is 1. The molecular formula is C21H25N5O2. The number of aromatic nitrogens is 4. The molecule has 1 aromatic carbocycles. The molecule has 1 amide bonds. The number of imidazole rings is 1. The van der Waals surface area contributed by atoms with Crippen LogP contribution in [-0.4, -0.2) is 43.1 Å². The third kappa shape index (κ3) is 3.53. The largest absolute Gasteiger partial charge is 0.339 e. The van der Waals surface area contributed by atoms with Gasteiger partial charge in [0.15, 0.2) is 5.82 Å². The van der Waals surface area contributed by atoms with Crippen molar-refractivity contribution in [3.8, 4) is 0 Å². The Labute approximate surface area is 163 Å². The van der Waals surface area contributed by atoms with E-state index in [1.54, 1.807) is 0 Å². The summed E-state index contributed by atoms with van der Waals surface area (Å²) < 4.78 is 7.48. The lowest BCUT2D eigenvalue weighted by Crippen LogP contribution is -2.37. The fourth-order valence-electron chi connectivity index (χ4n) is 4.15. The van der Waals surface area contributed by atoms with Crippen LogP contribution in [0.2, 0.25) is 0 Å². The molecule has 3 aromatic rings. The highest BCUT2D eigenvalue weighted by Crippen LogP contribution is 2.38. The Kier molecular flexibility index (Phi) is 4.58. The lowest BCUT2D eigenvalue weighted by atomic mass is 10.2. The Hall–Kier alpha value is -2.70. The van der Waals surface area contributed by atoms with E-state index in [0.29, 0.717) is 24.7 Å². The third-order valence-corrected chi connectivity index (χ3v) is 5.84. The Bertz CT molecular complexity index is 974. The molecule has 1 saturated carbocycles. The summed E-state index contributed by atoms with van der Waals surface area (Å²) in [6.07, 6.45) is 8.30. The van der Waals surface area contributed by atoms with E-state index in [1.807, 2.05) is 24.5 Å². The number of carbonyl (C=O) groups excluding carboxylic acids is 1. The van der Waals surface area contributed by atoms with Crippen molar-refractivity contribution in [2.75, 3.05) is 6.54 Å². The molecule has 0 bridgehead atoms. The van der Waals surface area contributed by atoms with Gasteiger partial charge in [-0.25, -0.2) is 4.98 Å². The molecule has 3 heterocycles. The second kappa shape index (κ2) is 7.37. The normalized spacial score (nSPS) is 19.6. The molecule has 7 heteroatoms. The quantitative estimate of drug-likeness (QED) is 0.629. The van der Waals surface area contributed by atoms with Gasteiger partial charge in [0.05, 0.1) is 17.4 Å². The summed E-state index contributed by atoms with van der Waals surface area (Å²) in [4.78, 5) is 23.8. The highest BCUT2D eigenvalue weighted by molar-refractivity contribution is 5.77. The maximum Gasteiger partial charge on any atom is 0.226 e. The molecule has 0 N–H and O–H groups in total. The first kappa shape index (κ1) is 17.4. The second-order valence-electron chi connectivity index (χ2n) is 7.94. The Morgan fingerprint density at radius 3 is 3.00 bits per heavy atom. The summed E-state index contributed by atoms with van der Waals surface area (Å²) in [5.74, 6) is 2.24. The van der Waals surface area contributed by atoms with E-state index >= 15 is 0 Å². The number of hydrogen-bond donors (Lipinski definition) is 0. The molecule has 0 spiro atoms. The Morgan fingerprint density at radius 2 is 2.11 bits per heavy atom. The summed E-state index contributed by atoms with van der Waals surface area (Å²) >= 11 is 0. The first-order valence-corrected chi connectivity index (χ1v) is 10.3. The number of aryl methyl sites for hydroxylation is 1. The van der Waals surface area contributed by atoms with Crippen LogP contribution in [-0.2, 0) is 17.8 Å². The average Bonchev–Trinajstić information content (AvgIpc) is 3.12. The van der Waals surface area contributed by atoms with Gasteiger partial charge >= 0.3 is 0 Å². The third-order valence-electron chi connectivity index (χ3n) is 5.84. The fourth-order valence-corrected chi connectivity index (χ4v) is 4.15. The minimum Gasteiger partial charge on any atom is -0.339 e. The van der Waals surface area contributed by atoms with Crippen molar-refractivity contribution in [1.82, 2.24) is 24.6 Å². The van der Waals surface area contributed by atoms with Crippen molar-refractivity contribution in [3.05, 3.63) is 42.3 Å². The van der Waals surface area contributed by atoms with E-state index < -0.39 is 0 Å². The van der Waals surface area contributed by atoms with Crippen LogP contribution >= 0.6 is 0 Å². The number of benzene rings is 1. The van der Waals surface area contributed by atoms with Gasteiger partial charge in [-0.1, -0.05) is 17.3 Å². The summed E-state index contributed by atoms with van der Waals surface area (Å²) in [5, 5.41) is 4.04. The Morgan fingerprint density at radius 1 is 1.21 bits per heavy atom. The van der Waals surface area contributed by atoms with Gasteiger partial charge < -0.3 is 14.0 Å². The molecule has 5 rings (SSSR count). The maximum atomic E-state index is 12.8. The summed E-state index contributed by atoms with van der Waals surface area (Å²) in [6.45, 7) is 1.66. The maximum absolute atomic E-state index is 12.8. The van der Waals surface area contributed by atoms with Gasteiger partial charge in [-0.2, -0.15) is 4.98 Å². The van der Waals surface area contributed by atoms with Crippen LogP contribution in [0.25, 0.3) is 11.0 Å². The fraction of sp³-hybridized carbons (Fsp3) is 0.524. The van der Waals surface area contributed by atoms with Crippen LogP contribution in [0.3, 0.4) is 0 Å². The highest BCUT2D eigenvalue weighted by Gasteiger charge is 2.30. The molecular weight excluding hydrogens is 354 g/mol. The van der Waals surface area contributed by atoms with Crippen molar-refractivity contribution >= 4 is 16.9 Å². The zero-order valence-corrected chi connectivity index (χ0v) is 16.0. The van der Waals surface area contributed by atoms with E-state index in [0.717, 1.165) is 49.2 Å². The van der Waals surface area contributed by atoms with Crippen LogP contribution in [0.4, 0.5) is 0 Å². The average molecular weight is 379 g/mol. The van der Waals surface area contributed by atoms with Gasteiger partial charge in [0, 0.05) is 37.9 Å². The number of amides is 1. The molecule has 2 aliphatic rings. The first-order valence-electron chi connectivity index (χ1n) is 10.3. The minimum atomic E-state index is 0.230. The standard InChI is InChI=1S/C21H25N5O2/c27-20(9-3-8-19-23-21(24-28-19)15-10-11-15)26-12-4-5-16(26)13-25-14-22-17-6-1-2-7-18(17)25/h1-2,6-7,14-16H,3-5,8-13H2. The zero-order chi connectivity index (χ0) is 18.9. The molecule has 1 aliphatic heterocycles. The molecule has 7 nitrogen and oxygen atoms in total. The van der Waals surface area contributed by atoms with Gasteiger partial charge in [0.1, 0.15) is 0 Å². The van der Waals surface area contributed by atoms with Gasteiger partial charge in [0.25, 0.3) is 0 Å². The van der Waals surface area contributed by atoms with E-state index in [2.05, 4.69) is 30.7 Å². The molecule has 2 aromatic heterocycles. The predicted octanol–water partition coefficient (Wildman–Crippen LogP) is 3.31. The van der Waals surface area contributed by atoms with Crippen molar-refractivity contribution < 1.29 is 9.32 Å². The minimum absolute atomic E-state index is 0.230. The molecule has 1 saturated heterocycles. The second-order valence-corrected chi connectivity index (χ2v) is 7.94. The number of hydrogen-bond acceptors (Lipinski definition) is 5. The molecule has 1 atom stereocenters. The van der Waals surface area contributed by atoms with Crippen LogP contribution in [0.15, 0.2) is 35.1 Å². The summed E-state index contributed by atoms with van der Waals surface area (Å²) in [5.41, 5.74) is 2.13. The number of nitrogens with zero attached hydrogens (tertiary/aromatic N) is 5. The van der Waals surface area contributed by atoms with Crippen LogP contribution in [0, 0.1) is 0 Å². The van der Waals surface area contributed by atoms with E-state index in [1.165, 1.54) is 12.8 Å². The Balaban J connectivity index is 1.17. The number of fused-ring (bicyclic) bond motifs is 1. The molecule has 2 fully saturated rings. The highest BCUT2D eigenvalue weighted by atomic mass is 16.5. The molecule has 0 radical (unpaired) electrons. The molecule has 146 valence electrons. The van der Waals surface area contributed by atoms with Crippen LogP contribution in [0.5, 0.6) is 0 Å². The smallest absolute Gasteiger partial charge is 0.226 e. The monoisotopic (exact) mass is 379 g/mol. The van der Waals surface area contributed by atoms with Gasteiger partial charge in [-0.05, 0) is 44.2 Å². The molecule has 28 heavy (non-hydrogen) atoms. The van der Waals surface area contributed by atoms with Crippen LogP contribution < -0.4 is 0 Å². The van der Waals surface area contributed by atoms with E-state index in [-0.39, 0.29) is 11.9 Å². The SMILES string of the molecule is O=C(CCCc1nc(C2CC2)no1)N1CCCC1Cn1cnc2ccccc21. The molecule has 1 aliphatic carbocycles. The van der Waals surface area contributed by atoms with Gasteiger partial charge in [-0.15, -0.1) is 0 Å². The van der Waals surface area contributed by atoms with Crippen molar-refractivity contribution in [1.29, 1.82) is 0 Å². The lowest BCUT2D eigenvalue weighted by Gasteiger charge is -2.25. The van der Waals surface area contributed by atoms with E-state index in [4.69, 9.17) is 4.52 Å². The summed E-state index contributed by atoms with van der Waals surface area (Å²) in [6, 6.07) is 8.39. The van der Waals surface area contributed by atoms with Gasteiger partial charge in [0.2, 0.25) is 11.8 Å². The van der Waals surface area contributed by atoms with Crippen molar-refractivity contribution in [2.24, 2.45) is 0 Å². The van der Waals surface area contributed by atoms with Crippen LogP contribution in [0.1, 0.15) is 56.2 Å². The number of para-hydroxylation sites is 2. The number of carbonyl (C=O) groups is 1. The predicted molar refractivity (Wildman–Crippen MR) is 104 cm³/mol. The van der Waals surface area contributed by atoms with Gasteiger partial charge in [-0.3, -0.25) is 4.79 Å². The molecule has 1 unspecified atom stereocenters. The van der Waals surface area contributed by atoms with Crippen molar-refractivity contribution in [2.45, 2.75) is 63.5 Å². The lowest BCUT2D eigenvalue weighted by molar-refractivity contribution is -0.132. The summed E-state index contributed by atoms with van der Waals surface area (Å²) in [7, 11) is 0. The first-order chi connectivity index (χ1) is 13.8. The van der Waals surface area contributed by atoms with Crippen molar-refractivity contribution in [3.63, 3.8) is 0 Å². The zero-order valence-electron chi connectivity index (χ0n) is 16.0.